The van der Waals surface area contributed by atoms with Gasteiger partial charge in [0.05, 0.1) is 6.20 Å². The van der Waals surface area contributed by atoms with Crippen LogP contribution in [0.25, 0.3) is 0 Å². The van der Waals surface area contributed by atoms with Crippen LogP contribution < -0.4 is 4.90 Å². The van der Waals surface area contributed by atoms with Gasteiger partial charge in [0, 0.05) is 13.1 Å². The highest BCUT2D eigenvalue weighted by atomic mass is 35.5. The Hall–Kier alpha value is -0.280. The van der Waals surface area contributed by atoms with Crippen molar-refractivity contribution in [3.8, 4) is 0 Å². The number of anilines is 1. The quantitative estimate of drug-likeness (QED) is 0.756. The van der Waals surface area contributed by atoms with E-state index in [-0.39, 0.29) is 0 Å². The number of hydrogen-bond donors (Lipinski definition) is 0. The molecule has 1 saturated heterocycles. The van der Waals surface area contributed by atoms with Crippen molar-refractivity contribution in [3.63, 3.8) is 0 Å². The topological polar surface area (TPSA) is 16.1 Å². The van der Waals surface area contributed by atoms with Crippen LogP contribution in [0.1, 0.15) is 13.8 Å². The summed E-state index contributed by atoms with van der Waals surface area (Å²) < 4.78 is 0.781. The Morgan fingerprint density at radius 1 is 1.62 bits per heavy atom. The lowest BCUT2D eigenvalue weighted by Crippen LogP contribution is -2.49. The highest BCUT2D eigenvalue weighted by molar-refractivity contribution is 7.19. The van der Waals surface area contributed by atoms with E-state index >= 15 is 0 Å². The van der Waals surface area contributed by atoms with Gasteiger partial charge in [-0.15, -0.1) is 0 Å². The maximum absolute atomic E-state index is 5.81. The van der Waals surface area contributed by atoms with Crippen molar-refractivity contribution in [1.29, 1.82) is 0 Å². The van der Waals surface area contributed by atoms with E-state index in [4.69, 9.17) is 11.6 Å². The van der Waals surface area contributed by atoms with E-state index in [0.29, 0.717) is 0 Å². The minimum Gasteiger partial charge on any atom is -0.347 e. The van der Waals surface area contributed by atoms with Crippen LogP contribution in [0, 0.1) is 11.8 Å². The maximum atomic E-state index is 5.81. The van der Waals surface area contributed by atoms with Crippen LogP contribution in [0.2, 0.25) is 4.34 Å². The van der Waals surface area contributed by atoms with Crippen LogP contribution in [0.3, 0.4) is 0 Å². The van der Waals surface area contributed by atoms with Gasteiger partial charge in [-0.25, -0.2) is 4.98 Å². The third-order valence-electron chi connectivity index (χ3n) is 2.59. The van der Waals surface area contributed by atoms with E-state index in [9.17, 15) is 0 Å². The van der Waals surface area contributed by atoms with Gasteiger partial charge in [0.2, 0.25) is 0 Å². The zero-order chi connectivity index (χ0) is 9.42. The summed E-state index contributed by atoms with van der Waals surface area (Å²) in [5.41, 5.74) is 0. The molecule has 2 heterocycles. The molecule has 1 aromatic heterocycles. The molecule has 0 radical (unpaired) electrons. The van der Waals surface area contributed by atoms with Gasteiger partial charge in [-0.05, 0) is 11.8 Å². The van der Waals surface area contributed by atoms with Gasteiger partial charge < -0.3 is 4.90 Å². The van der Waals surface area contributed by atoms with Crippen LogP contribution in [0.5, 0.6) is 0 Å². The predicted molar refractivity (Wildman–Crippen MR) is 57.7 cm³/mol. The molecule has 0 aromatic carbocycles. The lowest BCUT2D eigenvalue weighted by molar-refractivity contribution is 0.309. The zero-order valence-electron chi connectivity index (χ0n) is 7.83. The summed E-state index contributed by atoms with van der Waals surface area (Å²) in [6.07, 6.45) is 1.73. The Balaban J connectivity index is 1.93. The third-order valence-corrected chi connectivity index (χ3v) is 3.76. The molecule has 4 heteroatoms. The second-order valence-corrected chi connectivity index (χ2v) is 5.50. The van der Waals surface area contributed by atoms with Crippen molar-refractivity contribution < 1.29 is 0 Å². The zero-order valence-corrected chi connectivity index (χ0v) is 9.40. The number of rotatable bonds is 2. The average molecular weight is 217 g/mol. The SMILES string of the molecule is CC(C)C1CN(c2ncc(Cl)s2)C1. The molecule has 1 aromatic rings. The summed E-state index contributed by atoms with van der Waals surface area (Å²) in [4.78, 5) is 6.54. The van der Waals surface area contributed by atoms with Crippen LogP contribution in [0.4, 0.5) is 5.13 Å². The van der Waals surface area contributed by atoms with E-state index in [1.807, 2.05) is 0 Å². The first-order valence-electron chi connectivity index (χ1n) is 4.53. The lowest BCUT2D eigenvalue weighted by atomic mass is 9.89. The molecular formula is C9H13ClN2S. The maximum Gasteiger partial charge on any atom is 0.186 e. The Morgan fingerprint density at radius 2 is 2.31 bits per heavy atom. The van der Waals surface area contributed by atoms with E-state index in [1.165, 1.54) is 0 Å². The summed E-state index contributed by atoms with van der Waals surface area (Å²) in [6, 6.07) is 0. The van der Waals surface area contributed by atoms with E-state index < -0.39 is 0 Å². The molecule has 0 N–H and O–H groups in total. The highest BCUT2D eigenvalue weighted by Crippen LogP contribution is 2.33. The molecule has 13 heavy (non-hydrogen) atoms. The lowest BCUT2D eigenvalue weighted by Gasteiger charge is -2.41. The summed E-state index contributed by atoms with van der Waals surface area (Å²) in [5.74, 6) is 1.62. The molecule has 72 valence electrons. The van der Waals surface area contributed by atoms with Crippen molar-refractivity contribution >= 4 is 28.1 Å². The van der Waals surface area contributed by atoms with E-state index in [0.717, 1.165) is 34.4 Å². The molecule has 0 unspecified atom stereocenters. The summed E-state index contributed by atoms with van der Waals surface area (Å²) in [5, 5.41) is 1.07. The normalized spacial score (nSPS) is 18.0. The average Bonchev–Trinajstić information content (AvgIpc) is 2.31. The molecule has 0 atom stereocenters. The Labute approximate surface area is 87.5 Å². The van der Waals surface area contributed by atoms with Gasteiger partial charge in [0.1, 0.15) is 4.34 Å². The molecule has 0 amide bonds. The predicted octanol–water partition coefficient (Wildman–Crippen LogP) is 2.89. The minimum atomic E-state index is 0.781. The van der Waals surface area contributed by atoms with Crippen molar-refractivity contribution in [3.05, 3.63) is 10.5 Å². The molecular weight excluding hydrogens is 204 g/mol. The largest absolute Gasteiger partial charge is 0.347 e. The van der Waals surface area contributed by atoms with Gasteiger partial charge in [-0.3, -0.25) is 0 Å². The second-order valence-electron chi connectivity index (χ2n) is 3.86. The van der Waals surface area contributed by atoms with Crippen molar-refractivity contribution in [2.75, 3.05) is 18.0 Å². The summed E-state index contributed by atoms with van der Waals surface area (Å²) in [7, 11) is 0. The molecule has 2 rings (SSSR count). The molecule has 1 aliphatic heterocycles. The number of aromatic nitrogens is 1. The van der Waals surface area contributed by atoms with Gasteiger partial charge in [0.15, 0.2) is 5.13 Å². The van der Waals surface area contributed by atoms with Crippen LogP contribution in [-0.4, -0.2) is 18.1 Å². The van der Waals surface area contributed by atoms with E-state index in [1.54, 1.807) is 17.5 Å². The number of thiazole rings is 1. The molecule has 1 fully saturated rings. The van der Waals surface area contributed by atoms with Crippen molar-refractivity contribution in [1.82, 2.24) is 4.98 Å². The van der Waals surface area contributed by atoms with Gasteiger partial charge in [-0.1, -0.05) is 36.8 Å². The van der Waals surface area contributed by atoms with Crippen molar-refractivity contribution in [2.24, 2.45) is 11.8 Å². The Morgan fingerprint density at radius 3 is 2.77 bits per heavy atom. The fraction of sp³-hybridized carbons (Fsp3) is 0.667. The van der Waals surface area contributed by atoms with Gasteiger partial charge in [-0.2, -0.15) is 0 Å². The number of halogens is 1. The minimum absolute atomic E-state index is 0.781. The molecule has 0 saturated carbocycles. The molecule has 0 spiro atoms. The smallest absolute Gasteiger partial charge is 0.186 e. The van der Waals surface area contributed by atoms with Gasteiger partial charge in [0.25, 0.3) is 0 Å². The summed E-state index contributed by atoms with van der Waals surface area (Å²) in [6.45, 7) is 6.83. The highest BCUT2D eigenvalue weighted by Gasteiger charge is 2.30. The fourth-order valence-corrected chi connectivity index (χ4v) is 2.40. The first-order chi connectivity index (χ1) is 6.16. The van der Waals surface area contributed by atoms with Crippen LogP contribution in [-0.2, 0) is 0 Å². The van der Waals surface area contributed by atoms with E-state index in [2.05, 4.69) is 23.7 Å². The standard InChI is InChI=1S/C9H13ClN2S/c1-6(2)7-4-12(5-7)9-11-3-8(10)13-9/h3,6-7H,4-5H2,1-2H3. The monoisotopic (exact) mass is 216 g/mol. The van der Waals surface area contributed by atoms with Crippen molar-refractivity contribution in [2.45, 2.75) is 13.8 Å². The molecule has 0 bridgehead atoms. The third kappa shape index (κ3) is 1.81. The Bertz CT molecular complexity index is 292. The Kier molecular flexibility index (Phi) is 2.47. The first-order valence-corrected chi connectivity index (χ1v) is 5.72. The van der Waals surface area contributed by atoms with Crippen LogP contribution >= 0.6 is 22.9 Å². The number of hydrogen-bond acceptors (Lipinski definition) is 3. The van der Waals surface area contributed by atoms with Gasteiger partial charge >= 0.3 is 0 Å². The molecule has 2 nitrogen and oxygen atoms in total. The van der Waals surface area contributed by atoms with Crippen LogP contribution in [0.15, 0.2) is 6.20 Å². The second kappa shape index (κ2) is 3.46. The molecule has 1 aliphatic rings. The summed E-state index contributed by atoms with van der Waals surface area (Å²) >= 11 is 7.38. The fourth-order valence-electron chi connectivity index (χ4n) is 1.48. The molecule has 0 aliphatic carbocycles. The first kappa shape index (κ1) is 9.28. The number of nitrogens with zero attached hydrogens (tertiary/aromatic N) is 2.